The van der Waals surface area contributed by atoms with Crippen LogP contribution in [0.15, 0.2) is 47.4 Å². The van der Waals surface area contributed by atoms with Crippen LogP contribution in [0.5, 0.6) is 0 Å². The molecule has 3 aliphatic rings. The highest BCUT2D eigenvalue weighted by molar-refractivity contribution is 7.92. The van der Waals surface area contributed by atoms with E-state index in [1.54, 1.807) is 0 Å². The summed E-state index contributed by atoms with van der Waals surface area (Å²) in [5.74, 6) is -4.91. The minimum Gasteiger partial charge on any atom is -0.481 e. The van der Waals surface area contributed by atoms with E-state index in [0.29, 0.717) is 6.07 Å². The maximum atomic E-state index is 15.7. The molecule has 0 bridgehead atoms. The SMILES string of the molecule is O=C(O)[C@H]1CC[C@](F)(C(=O)N[C@@H]2CC[C@@]3(S(=O)(=O)c4ccc(F)cc4)c4ccc(C(F)(C(F)(F)F)C(F)(F)F)cc4CC[C@@H]23)CC1. The van der Waals surface area contributed by atoms with Gasteiger partial charge in [-0.05, 0) is 86.8 Å². The second-order valence-electron chi connectivity index (χ2n) is 12.2. The Morgan fingerprint density at radius 3 is 1.98 bits per heavy atom. The lowest BCUT2D eigenvalue weighted by atomic mass is 9.73. The maximum absolute atomic E-state index is 15.7. The number of carbonyl (C=O) groups excluding carboxylic acids is 1. The van der Waals surface area contributed by atoms with E-state index < -0.39 is 97.1 Å². The van der Waals surface area contributed by atoms with Gasteiger partial charge in [-0.25, -0.2) is 21.6 Å². The number of carboxylic acid groups (broad SMARTS) is 1. The lowest BCUT2D eigenvalue weighted by molar-refractivity contribution is -0.348. The van der Waals surface area contributed by atoms with Crippen LogP contribution >= 0.6 is 0 Å². The highest BCUT2D eigenvalue weighted by Crippen LogP contribution is 2.59. The van der Waals surface area contributed by atoms with Crippen LogP contribution in [0.25, 0.3) is 0 Å². The molecule has 0 unspecified atom stereocenters. The molecule has 16 heteroatoms. The van der Waals surface area contributed by atoms with Crippen LogP contribution in [0, 0.1) is 17.7 Å². The van der Waals surface area contributed by atoms with Crippen molar-refractivity contribution in [2.45, 2.75) is 90.7 Å². The highest BCUT2D eigenvalue weighted by atomic mass is 32.2. The lowest BCUT2D eigenvalue weighted by Crippen LogP contribution is -2.54. The molecule has 0 aliphatic heterocycles. The first-order chi connectivity index (χ1) is 21.2. The van der Waals surface area contributed by atoms with Gasteiger partial charge < -0.3 is 10.4 Å². The Kier molecular flexibility index (Phi) is 8.25. The molecule has 1 amide bonds. The highest BCUT2D eigenvalue weighted by Gasteiger charge is 2.74. The molecule has 46 heavy (non-hydrogen) atoms. The third-order valence-electron chi connectivity index (χ3n) is 9.83. The Balaban J connectivity index is 1.58. The van der Waals surface area contributed by atoms with Gasteiger partial charge in [0, 0.05) is 17.5 Å². The molecule has 2 fully saturated rings. The van der Waals surface area contributed by atoms with E-state index in [1.807, 2.05) is 0 Å². The number of carbonyl (C=O) groups is 2. The molecule has 0 spiro atoms. The predicted molar refractivity (Wildman–Crippen MR) is 143 cm³/mol. The predicted octanol–water partition coefficient (Wildman–Crippen LogP) is 6.61. The van der Waals surface area contributed by atoms with Crippen molar-refractivity contribution in [1.29, 1.82) is 0 Å². The fraction of sp³-hybridized carbons (Fsp3) is 0.533. The van der Waals surface area contributed by atoms with Gasteiger partial charge in [0.05, 0.1) is 10.8 Å². The van der Waals surface area contributed by atoms with Crippen LogP contribution in [0.3, 0.4) is 0 Å². The summed E-state index contributed by atoms with van der Waals surface area (Å²) in [5, 5.41) is 11.8. The third kappa shape index (κ3) is 5.14. The molecule has 0 heterocycles. The number of hydrogen-bond donors (Lipinski definition) is 2. The van der Waals surface area contributed by atoms with Gasteiger partial charge in [-0.2, -0.15) is 26.3 Å². The number of fused-ring (bicyclic) bond motifs is 3. The monoisotopic (exact) mass is 685 g/mol. The van der Waals surface area contributed by atoms with Crippen molar-refractivity contribution in [2.75, 3.05) is 0 Å². The molecule has 2 N–H and O–H groups in total. The van der Waals surface area contributed by atoms with Crippen molar-refractivity contribution in [3.63, 3.8) is 0 Å². The fourth-order valence-corrected chi connectivity index (χ4v) is 9.87. The summed E-state index contributed by atoms with van der Waals surface area (Å²) in [6, 6.07) is 3.90. The van der Waals surface area contributed by atoms with Crippen molar-refractivity contribution in [3.05, 3.63) is 65.0 Å². The van der Waals surface area contributed by atoms with Crippen LogP contribution in [0.1, 0.15) is 61.6 Å². The Hall–Kier alpha value is -3.30. The van der Waals surface area contributed by atoms with E-state index in [-0.39, 0.29) is 55.7 Å². The number of sulfone groups is 1. The second-order valence-corrected chi connectivity index (χ2v) is 14.4. The van der Waals surface area contributed by atoms with E-state index in [0.717, 1.165) is 30.3 Å². The van der Waals surface area contributed by atoms with Gasteiger partial charge in [0.1, 0.15) is 10.6 Å². The Morgan fingerprint density at radius 2 is 1.43 bits per heavy atom. The Morgan fingerprint density at radius 1 is 0.848 bits per heavy atom. The fourth-order valence-electron chi connectivity index (χ4n) is 7.40. The van der Waals surface area contributed by atoms with Crippen LogP contribution in [-0.4, -0.2) is 49.5 Å². The first kappa shape index (κ1) is 34.0. The number of carboxylic acids is 1. The van der Waals surface area contributed by atoms with Gasteiger partial charge in [-0.3, -0.25) is 9.59 Å². The summed E-state index contributed by atoms with van der Waals surface area (Å²) in [6.45, 7) is 0. The zero-order valence-corrected chi connectivity index (χ0v) is 24.6. The van der Waals surface area contributed by atoms with E-state index in [9.17, 15) is 58.2 Å². The summed E-state index contributed by atoms with van der Waals surface area (Å²) in [4.78, 5) is 24.1. The number of amides is 1. The molecule has 0 radical (unpaired) electrons. The maximum Gasteiger partial charge on any atom is 0.435 e. The largest absolute Gasteiger partial charge is 0.481 e. The molecule has 5 rings (SSSR count). The number of halogens is 9. The second kappa shape index (κ2) is 11.2. The Bertz CT molecular complexity index is 1620. The summed E-state index contributed by atoms with van der Waals surface area (Å²) >= 11 is 0. The Labute approximate surface area is 257 Å². The van der Waals surface area contributed by atoms with Gasteiger partial charge in [-0.1, -0.05) is 18.2 Å². The number of alkyl halides is 8. The third-order valence-corrected chi connectivity index (χ3v) is 12.4. The standard InChI is InChI=1S/C30H28F9NO5S/c31-19-3-5-20(6-4-19)46(44,45)27-14-11-23(40-25(43)26(32)12-9-16(10-13-26)24(41)42)22(27)7-1-17-15-18(2-8-21(17)27)28(33,29(34,35)36)30(37,38)39/h2-6,8,15-16,22-23H,1,7,9-14H2,(H,40,43)(H,41,42)/t16-,22-,23+,26+,27+/m0/s1. The first-order valence-corrected chi connectivity index (χ1v) is 15.9. The van der Waals surface area contributed by atoms with E-state index in [4.69, 9.17) is 0 Å². The van der Waals surface area contributed by atoms with Crippen LogP contribution < -0.4 is 5.32 Å². The van der Waals surface area contributed by atoms with Crippen molar-refractivity contribution in [3.8, 4) is 0 Å². The molecule has 2 aromatic carbocycles. The molecule has 0 saturated heterocycles. The van der Waals surface area contributed by atoms with E-state index in [1.165, 1.54) is 0 Å². The van der Waals surface area contributed by atoms with Crippen molar-refractivity contribution >= 4 is 21.7 Å². The topological polar surface area (TPSA) is 101 Å². The molecule has 6 nitrogen and oxygen atoms in total. The number of aryl methyl sites for hydroxylation is 1. The summed E-state index contributed by atoms with van der Waals surface area (Å²) in [5.41, 5.74) is -10.5. The number of nitrogens with one attached hydrogen (secondary N) is 1. The average Bonchev–Trinajstić information content (AvgIpc) is 3.36. The molecular weight excluding hydrogens is 657 g/mol. The minimum atomic E-state index is -6.40. The number of rotatable bonds is 6. The smallest absolute Gasteiger partial charge is 0.435 e. The lowest BCUT2D eigenvalue weighted by Gasteiger charge is -2.43. The summed E-state index contributed by atoms with van der Waals surface area (Å²) in [6.07, 6.45) is -14.7. The van der Waals surface area contributed by atoms with Gasteiger partial charge in [0.15, 0.2) is 15.5 Å². The molecular formula is C30H28F9NO5S. The number of benzene rings is 2. The van der Waals surface area contributed by atoms with Crippen molar-refractivity contribution < 1.29 is 62.6 Å². The molecule has 252 valence electrons. The number of hydrogen-bond acceptors (Lipinski definition) is 4. The summed E-state index contributed by atoms with van der Waals surface area (Å²) < 4.78 is 152. The zero-order chi connectivity index (χ0) is 34.1. The van der Waals surface area contributed by atoms with Gasteiger partial charge in [-0.15, -0.1) is 0 Å². The molecule has 0 aromatic heterocycles. The van der Waals surface area contributed by atoms with Crippen molar-refractivity contribution in [2.24, 2.45) is 11.8 Å². The zero-order valence-electron chi connectivity index (χ0n) is 23.8. The van der Waals surface area contributed by atoms with Crippen LogP contribution in [0.4, 0.5) is 39.5 Å². The van der Waals surface area contributed by atoms with Crippen molar-refractivity contribution in [1.82, 2.24) is 5.32 Å². The van der Waals surface area contributed by atoms with E-state index in [2.05, 4.69) is 5.32 Å². The molecule has 3 aliphatic carbocycles. The quantitative estimate of drug-likeness (QED) is 0.264. The van der Waals surface area contributed by atoms with Crippen LogP contribution in [0.2, 0.25) is 0 Å². The van der Waals surface area contributed by atoms with E-state index >= 15 is 4.39 Å². The normalized spacial score (nSPS) is 28.7. The average molecular weight is 686 g/mol. The molecule has 3 atom stereocenters. The van der Waals surface area contributed by atoms with Crippen LogP contribution in [-0.2, 0) is 36.3 Å². The summed E-state index contributed by atoms with van der Waals surface area (Å²) in [7, 11) is -4.64. The number of aliphatic carboxylic acids is 1. The molecule has 2 aromatic rings. The van der Waals surface area contributed by atoms with Gasteiger partial charge >= 0.3 is 24.0 Å². The van der Waals surface area contributed by atoms with Gasteiger partial charge in [0.25, 0.3) is 5.91 Å². The minimum absolute atomic E-state index is 0.0932. The first-order valence-electron chi connectivity index (χ1n) is 14.4. The van der Waals surface area contributed by atoms with Gasteiger partial charge in [0.2, 0.25) is 0 Å². The molecule has 2 saturated carbocycles.